The first-order chi connectivity index (χ1) is 8.27. The molecule has 0 amide bonds. The Labute approximate surface area is 114 Å². The third-order valence-electron chi connectivity index (χ3n) is 3.51. The number of halogens is 1. The van der Waals surface area contributed by atoms with Gasteiger partial charge in [-0.1, -0.05) is 12.1 Å². The maximum atomic E-state index is 4.82. The summed E-state index contributed by atoms with van der Waals surface area (Å²) in [7, 11) is 0. The van der Waals surface area contributed by atoms with E-state index in [1.54, 1.807) is 0 Å². The SMILES string of the molecule is CC(C)n1c([C@@H]2CCCN2)nc2ccccc21.Cl. The highest BCUT2D eigenvalue weighted by Gasteiger charge is 2.23. The maximum Gasteiger partial charge on any atom is 0.127 e. The lowest BCUT2D eigenvalue weighted by atomic mass is 10.2. The van der Waals surface area contributed by atoms with Crippen molar-refractivity contribution in [3.05, 3.63) is 30.1 Å². The Balaban J connectivity index is 0.00000120. The lowest BCUT2D eigenvalue weighted by Gasteiger charge is -2.17. The summed E-state index contributed by atoms with van der Waals surface area (Å²) in [6.07, 6.45) is 2.46. The molecular formula is C14H20ClN3. The molecule has 0 unspecified atom stereocenters. The molecule has 0 radical (unpaired) electrons. The third kappa shape index (κ3) is 2.13. The molecule has 0 spiro atoms. The molecule has 18 heavy (non-hydrogen) atoms. The summed E-state index contributed by atoms with van der Waals surface area (Å²) in [5.41, 5.74) is 2.37. The highest BCUT2D eigenvalue weighted by atomic mass is 35.5. The molecule has 1 aromatic heterocycles. The van der Waals surface area contributed by atoms with Crippen LogP contribution in [0.2, 0.25) is 0 Å². The number of fused-ring (bicyclic) bond motifs is 1. The van der Waals surface area contributed by atoms with Gasteiger partial charge in [-0.15, -0.1) is 12.4 Å². The van der Waals surface area contributed by atoms with Crippen LogP contribution in [-0.4, -0.2) is 16.1 Å². The first kappa shape index (κ1) is 13.4. The van der Waals surface area contributed by atoms with Crippen LogP contribution in [0.5, 0.6) is 0 Å². The van der Waals surface area contributed by atoms with Gasteiger partial charge >= 0.3 is 0 Å². The van der Waals surface area contributed by atoms with Crippen molar-refractivity contribution in [3.63, 3.8) is 0 Å². The fraction of sp³-hybridized carbons (Fsp3) is 0.500. The van der Waals surface area contributed by atoms with Gasteiger partial charge in [0.2, 0.25) is 0 Å². The minimum Gasteiger partial charge on any atom is -0.324 e. The number of imidazole rings is 1. The van der Waals surface area contributed by atoms with Crippen LogP contribution in [0.4, 0.5) is 0 Å². The van der Waals surface area contributed by atoms with Crippen LogP contribution in [0.25, 0.3) is 11.0 Å². The second-order valence-electron chi connectivity index (χ2n) is 5.07. The second-order valence-corrected chi connectivity index (χ2v) is 5.07. The molecule has 3 nitrogen and oxygen atoms in total. The number of hydrogen-bond acceptors (Lipinski definition) is 2. The highest BCUT2D eigenvalue weighted by Crippen LogP contribution is 2.28. The summed E-state index contributed by atoms with van der Waals surface area (Å²) in [6, 6.07) is 9.32. The van der Waals surface area contributed by atoms with Crippen LogP contribution < -0.4 is 5.32 Å². The Morgan fingerprint density at radius 3 is 2.78 bits per heavy atom. The largest absolute Gasteiger partial charge is 0.324 e. The van der Waals surface area contributed by atoms with Crippen LogP contribution >= 0.6 is 12.4 Å². The first-order valence-corrected chi connectivity index (χ1v) is 6.47. The lowest BCUT2D eigenvalue weighted by molar-refractivity contribution is 0.517. The molecule has 1 aliphatic rings. The normalized spacial score (nSPS) is 19.4. The molecule has 1 N–H and O–H groups in total. The van der Waals surface area contributed by atoms with Crippen molar-refractivity contribution < 1.29 is 0 Å². The van der Waals surface area contributed by atoms with Gasteiger partial charge in [0.25, 0.3) is 0 Å². The van der Waals surface area contributed by atoms with Gasteiger partial charge in [0.15, 0.2) is 0 Å². The lowest BCUT2D eigenvalue weighted by Crippen LogP contribution is -2.19. The predicted octanol–water partition coefficient (Wildman–Crippen LogP) is 3.46. The van der Waals surface area contributed by atoms with Crippen molar-refractivity contribution in [3.8, 4) is 0 Å². The number of hydrogen-bond donors (Lipinski definition) is 1. The zero-order valence-corrected chi connectivity index (χ0v) is 11.7. The molecule has 1 fully saturated rings. The van der Waals surface area contributed by atoms with Crippen molar-refractivity contribution in [1.29, 1.82) is 0 Å². The van der Waals surface area contributed by atoms with E-state index in [2.05, 4.69) is 48.0 Å². The summed E-state index contributed by atoms with van der Waals surface area (Å²) in [4.78, 5) is 4.82. The Kier molecular flexibility index (Phi) is 3.93. The van der Waals surface area contributed by atoms with Gasteiger partial charge in [-0.05, 0) is 45.4 Å². The molecule has 3 rings (SSSR count). The molecule has 98 valence electrons. The van der Waals surface area contributed by atoms with Crippen molar-refractivity contribution in [2.45, 2.75) is 38.8 Å². The molecular weight excluding hydrogens is 246 g/mol. The Hall–Kier alpha value is -1.06. The summed E-state index contributed by atoms with van der Waals surface area (Å²) < 4.78 is 2.37. The molecule has 0 bridgehead atoms. The highest BCUT2D eigenvalue weighted by molar-refractivity contribution is 5.85. The smallest absolute Gasteiger partial charge is 0.127 e. The summed E-state index contributed by atoms with van der Waals surface area (Å²) >= 11 is 0. The minimum absolute atomic E-state index is 0. The van der Waals surface area contributed by atoms with Gasteiger partial charge in [0.05, 0.1) is 17.1 Å². The zero-order chi connectivity index (χ0) is 11.8. The molecule has 2 aromatic rings. The number of benzene rings is 1. The molecule has 0 aliphatic carbocycles. The van der Waals surface area contributed by atoms with Gasteiger partial charge in [0.1, 0.15) is 5.82 Å². The standard InChI is InChI=1S/C14H19N3.ClH/c1-10(2)17-13-8-4-3-6-11(13)16-14(17)12-7-5-9-15-12;/h3-4,6,8,10,12,15H,5,7,9H2,1-2H3;1H/t12-;/m0./s1. The molecule has 1 atom stereocenters. The monoisotopic (exact) mass is 265 g/mol. The third-order valence-corrected chi connectivity index (χ3v) is 3.51. The van der Waals surface area contributed by atoms with Crippen LogP contribution in [-0.2, 0) is 0 Å². The summed E-state index contributed by atoms with van der Waals surface area (Å²) in [5.74, 6) is 1.21. The fourth-order valence-corrected chi connectivity index (χ4v) is 2.76. The Bertz CT molecular complexity index is 527. The van der Waals surface area contributed by atoms with E-state index in [-0.39, 0.29) is 12.4 Å². The van der Waals surface area contributed by atoms with Crippen molar-refractivity contribution in [1.82, 2.24) is 14.9 Å². The van der Waals surface area contributed by atoms with E-state index >= 15 is 0 Å². The Morgan fingerprint density at radius 2 is 2.11 bits per heavy atom. The van der Waals surface area contributed by atoms with E-state index in [1.165, 1.54) is 24.2 Å². The average molecular weight is 266 g/mol. The molecule has 4 heteroatoms. The van der Waals surface area contributed by atoms with E-state index in [1.807, 2.05) is 0 Å². The van der Waals surface area contributed by atoms with Crippen LogP contribution in [0.1, 0.15) is 44.6 Å². The van der Waals surface area contributed by atoms with Crippen LogP contribution in [0.15, 0.2) is 24.3 Å². The topological polar surface area (TPSA) is 29.9 Å². The quantitative estimate of drug-likeness (QED) is 0.901. The molecule has 0 saturated carbocycles. The van der Waals surface area contributed by atoms with Gasteiger partial charge in [-0.25, -0.2) is 4.98 Å². The number of nitrogens with one attached hydrogen (secondary N) is 1. The average Bonchev–Trinajstić information content (AvgIpc) is 2.95. The first-order valence-electron chi connectivity index (χ1n) is 6.47. The van der Waals surface area contributed by atoms with Crippen molar-refractivity contribution >= 4 is 23.4 Å². The van der Waals surface area contributed by atoms with Gasteiger partial charge in [-0.3, -0.25) is 0 Å². The molecule has 2 heterocycles. The van der Waals surface area contributed by atoms with Crippen molar-refractivity contribution in [2.75, 3.05) is 6.54 Å². The fourth-order valence-electron chi connectivity index (χ4n) is 2.76. The van der Waals surface area contributed by atoms with Gasteiger partial charge in [0, 0.05) is 6.04 Å². The van der Waals surface area contributed by atoms with Gasteiger partial charge in [-0.2, -0.15) is 0 Å². The number of rotatable bonds is 2. The van der Waals surface area contributed by atoms with E-state index in [4.69, 9.17) is 4.98 Å². The van der Waals surface area contributed by atoms with Crippen LogP contribution in [0, 0.1) is 0 Å². The predicted molar refractivity (Wildman–Crippen MR) is 77.3 cm³/mol. The maximum absolute atomic E-state index is 4.82. The number of para-hydroxylation sites is 2. The molecule has 1 aromatic carbocycles. The van der Waals surface area contributed by atoms with Crippen LogP contribution in [0.3, 0.4) is 0 Å². The molecule has 1 saturated heterocycles. The number of aromatic nitrogens is 2. The zero-order valence-electron chi connectivity index (χ0n) is 10.9. The van der Waals surface area contributed by atoms with E-state index < -0.39 is 0 Å². The minimum atomic E-state index is 0. The Morgan fingerprint density at radius 1 is 1.33 bits per heavy atom. The van der Waals surface area contributed by atoms with Gasteiger partial charge < -0.3 is 9.88 Å². The van der Waals surface area contributed by atoms with E-state index in [0.29, 0.717) is 12.1 Å². The molecule has 1 aliphatic heterocycles. The number of nitrogens with zero attached hydrogens (tertiary/aromatic N) is 2. The van der Waals surface area contributed by atoms with E-state index in [9.17, 15) is 0 Å². The van der Waals surface area contributed by atoms with Crippen molar-refractivity contribution in [2.24, 2.45) is 0 Å². The summed E-state index contributed by atoms with van der Waals surface area (Å²) in [5, 5.41) is 3.55. The summed E-state index contributed by atoms with van der Waals surface area (Å²) in [6.45, 7) is 5.57. The second kappa shape index (κ2) is 5.29. The van der Waals surface area contributed by atoms with E-state index in [0.717, 1.165) is 12.1 Å².